The van der Waals surface area contributed by atoms with Crippen molar-refractivity contribution in [2.75, 3.05) is 20.3 Å². The molecule has 0 atom stereocenters. The van der Waals surface area contributed by atoms with Crippen LogP contribution in [0.15, 0.2) is 40.9 Å². The van der Waals surface area contributed by atoms with Crippen molar-refractivity contribution in [2.24, 2.45) is 0 Å². The van der Waals surface area contributed by atoms with E-state index >= 15 is 0 Å². The maximum atomic E-state index is 5.00. The van der Waals surface area contributed by atoms with Gasteiger partial charge in [0.05, 0.1) is 6.61 Å². The lowest BCUT2D eigenvalue weighted by molar-refractivity contribution is 0.199. The minimum Gasteiger partial charge on any atom is -0.383 e. The summed E-state index contributed by atoms with van der Waals surface area (Å²) in [4.78, 5) is 12.6. The molecule has 0 saturated carbocycles. The van der Waals surface area contributed by atoms with Gasteiger partial charge in [0.2, 0.25) is 0 Å². The first-order chi connectivity index (χ1) is 9.79. The van der Waals surface area contributed by atoms with Crippen LogP contribution < -0.4 is 5.32 Å². The van der Waals surface area contributed by atoms with E-state index in [4.69, 9.17) is 4.74 Å². The summed E-state index contributed by atoms with van der Waals surface area (Å²) in [6.45, 7) is 4.42. The molecule has 2 rings (SSSR count). The predicted octanol–water partition coefficient (Wildman–Crippen LogP) is 2.07. The first-order valence-corrected chi connectivity index (χ1v) is 7.20. The molecule has 0 aliphatic rings. The van der Waals surface area contributed by atoms with E-state index in [0.29, 0.717) is 6.61 Å². The van der Waals surface area contributed by atoms with Gasteiger partial charge in [0.25, 0.3) is 0 Å². The Morgan fingerprint density at radius 3 is 2.95 bits per heavy atom. The molecule has 5 nitrogen and oxygen atoms in total. The second-order valence-electron chi connectivity index (χ2n) is 4.28. The molecule has 2 heterocycles. The average Bonchev–Trinajstić information content (AvgIpc) is 2.47. The first kappa shape index (κ1) is 14.9. The van der Waals surface area contributed by atoms with Crippen LogP contribution in [0.4, 0.5) is 0 Å². The first-order valence-electron chi connectivity index (χ1n) is 6.38. The SMILES string of the molecule is COCCNCc1cnc(Sc2ccncn2)c(C)c1. The van der Waals surface area contributed by atoms with Gasteiger partial charge in [-0.15, -0.1) is 0 Å². The summed E-state index contributed by atoms with van der Waals surface area (Å²) < 4.78 is 5.00. The molecule has 0 spiro atoms. The molecule has 0 saturated heterocycles. The number of nitrogens with zero attached hydrogens (tertiary/aromatic N) is 3. The van der Waals surface area contributed by atoms with Gasteiger partial charge in [0, 0.05) is 32.6 Å². The number of ether oxygens (including phenoxy) is 1. The number of nitrogens with one attached hydrogen (secondary N) is 1. The number of pyridine rings is 1. The van der Waals surface area contributed by atoms with Crippen molar-refractivity contribution in [3.05, 3.63) is 42.0 Å². The topological polar surface area (TPSA) is 59.9 Å². The van der Waals surface area contributed by atoms with Crippen LogP contribution >= 0.6 is 11.8 Å². The third kappa shape index (κ3) is 4.56. The zero-order chi connectivity index (χ0) is 14.2. The van der Waals surface area contributed by atoms with Crippen molar-refractivity contribution >= 4 is 11.8 Å². The zero-order valence-electron chi connectivity index (χ0n) is 11.7. The molecular formula is C14H18N4OS. The third-order valence-corrected chi connectivity index (χ3v) is 3.73. The van der Waals surface area contributed by atoms with Crippen LogP contribution in [0.5, 0.6) is 0 Å². The molecule has 20 heavy (non-hydrogen) atoms. The van der Waals surface area contributed by atoms with E-state index in [1.165, 1.54) is 5.56 Å². The Kier molecular flexibility index (Phi) is 5.91. The van der Waals surface area contributed by atoms with Crippen LogP contribution in [-0.4, -0.2) is 35.2 Å². The lowest BCUT2D eigenvalue weighted by atomic mass is 10.2. The summed E-state index contributed by atoms with van der Waals surface area (Å²) in [6, 6.07) is 4.03. The van der Waals surface area contributed by atoms with Crippen LogP contribution in [0.1, 0.15) is 11.1 Å². The molecule has 0 aliphatic carbocycles. The van der Waals surface area contributed by atoms with E-state index < -0.39 is 0 Å². The molecule has 106 valence electrons. The van der Waals surface area contributed by atoms with E-state index in [2.05, 4.69) is 33.3 Å². The predicted molar refractivity (Wildman–Crippen MR) is 78.7 cm³/mol. The normalized spacial score (nSPS) is 10.7. The second kappa shape index (κ2) is 7.94. The fourth-order valence-corrected chi connectivity index (χ4v) is 2.42. The molecule has 2 aromatic rings. The molecule has 0 amide bonds. The molecule has 0 radical (unpaired) electrons. The van der Waals surface area contributed by atoms with Gasteiger partial charge in [0.1, 0.15) is 16.4 Å². The molecule has 1 N–H and O–H groups in total. The number of hydrogen-bond donors (Lipinski definition) is 1. The quantitative estimate of drug-likeness (QED) is 0.622. The summed E-state index contributed by atoms with van der Waals surface area (Å²) in [5, 5.41) is 5.19. The summed E-state index contributed by atoms with van der Waals surface area (Å²) >= 11 is 1.55. The number of methoxy groups -OCH3 is 1. The van der Waals surface area contributed by atoms with Gasteiger partial charge in [-0.2, -0.15) is 0 Å². The molecule has 0 aromatic carbocycles. The Hall–Kier alpha value is -1.50. The minimum atomic E-state index is 0.716. The minimum absolute atomic E-state index is 0.716. The van der Waals surface area contributed by atoms with Gasteiger partial charge in [-0.3, -0.25) is 0 Å². The summed E-state index contributed by atoms with van der Waals surface area (Å²) in [7, 11) is 1.70. The largest absolute Gasteiger partial charge is 0.383 e. The van der Waals surface area contributed by atoms with Gasteiger partial charge in [-0.1, -0.05) is 6.07 Å². The van der Waals surface area contributed by atoms with E-state index in [9.17, 15) is 0 Å². The van der Waals surface area contributed by atoms with Gasteiger partial charge in [-0.25, -0.2) is 15.0 Å². The highest BCUT2D eigenvalue weighted by atomic mass is 32.2. The van der Waals surface area contributed by atoms with Crippen molar-refractivity contribution in [2.45, 2.75) is 23.5 Å². The van der Waals surface area contributed by atoms with Crippen LogP contribution in [0.3, 0.4) is 0 Å². The molecular weight excluding hydrogens is 272 g/mol. The Balaban J connectivity index is 1.95. The molecule has 0 unspecified atom stereocenters. The molecule has 0 aliphatic heterocycles. The van der Waals surface area contributed by atoms with Crippen molar-refractivity contribution in [1.82, 2.24) is 20.3 Å². The Labute approximate surface area is 123 Å². The van der Waals surface area contributed by atoms with Crippen LogP contribution in [0, 0.1) is 6.92 Å². The maximum Gasteiger partial charge on any atom is 0.116 e. The summed E-state index contributed by atoms with van der Waals surface area (Å²) in [6.07, 6.45) is 5.18. The summed E-state index contributed by atoms with van der Waals surface area (Å²) in [5.41, 5.74) is 2.32. The summed E-state index contributed by atoms with van der Waals surface area (Å²) in [5.74, 6) is 0. The zero-order valence-corrected chi connectivity index (χ0v) is 12.5. The molecule has 2 aromatic heterocycles. The van der Waals surface area contributed by atoms with Crippen LogP contribution in [0.2, 0.25) is 0 Å². The maximum absolute atomic E-state index is 5.00. The van der Waals surface area contributed by atoms with Crippen molar-refractivity contribution in [3.63, 3.8) is 0 Å². The van der Waals surface area contributed by atoms with E-state index in [1.807, 2.05) is 12.3 Å². The molecule has 0 bridgehead atoms. The van der Waals surface area contributed by atoms with Crippen LogP contribution in [0.25, 0.3) is 0 Å². The smallest absolute Gasteiger partial charge is 0.116 e. The number of hydrogen-bond acceptors (Lipinski definition) is 6. The highest BCUT2D eigenvalue weighted by Crippen LogP contribution is 2.26. The Morgan fingerprint density at radius 1 is 1.35 bits per heavy atom. The number of aryl methyl sites for hydroxylation is 1. The van der Waals surface area contributed by atoms with Crippen molar-refractivity contribution in [1.29, 1.82) is 0 Å². The number of rotatable bonds is 7. The van der Waals surface area contributed by atoms with E-state index in [1.54, 1.807) is 31.4 Å². The Morgan fingerprint density at radius 2 is 2.25 bits per heavy atom. The standard InChI is InChI=1S/C14H18N4OS/c1-11-7-12(8-15-5-6-19-2)9-17-14(11)20-13-3-4-16-10-18-13/h3-4,7,9-10,15H,5-6,8H2,1-2H3. The lowest BCUT2D eigenvalue weighted by Gasteiger charge is -2.08. The van der Waals surface area contributed by atoms with E-state index in [0.717, 1.165) is 28.7 Å². The fourth-order valence-electron chi connectivity index (χ4n) is 1.67. The Bertz CT molecular complexity index is 536. The van der Waals surface area contributed by atoms with Crippen molar-refractivity contribution in [3.8, 4) is 0 Å². The second-order valence-corrected chi connectivity index (χ2v) is 5.29. The van der Waals surface area contributed by atoms with Crippen LogP contribution in [-0.2, 0) is 11.3 Å². The number of aromatic nitrogens is 3. The fraction of sp³-hybridized carbons (Fsp3) is 0.357. The lowest BCUT2D eigenvalue weighted by Crippen LogP contribution is -2.18. The van der Waals surface area contributed by atoms with Gasteiger partial charge in [-0.05, 0) is 35.9 Å². The van der Waals surface area contributed by atoms with Gasteiger partial charge < -0.3 is 10.1 Å². The highest BCUT2D eigenvalue weighted by molar-refractivity contribution is 7.99. The average molecular weight is 290 g/mol. The highest BCUT2D eigenvalue weighted by Gasteiger charge is 2.05. The molecule has 0 fully saturated rings. The van der Waals surface area contributed by atoms with E-state index in [-0.39, 0.29) is 0 Å². The monoisotopic (exact) mass is 290 g/mol. The third-order valence-electron chi connectivity index (χ3n) is 2.66. The van der Waals surface area contributed by atoms with Gasteiger partial charge >= 0.3 is 0 Å². The van der Waals surface area contributed by atoms with Crippen molar-refractivity contribution < 1.29 is 4.74 Å². The van der Waals surface area contributed by atoms with Gasteiger partial charge in [0.15, 0.2) is 0 Å². The molecule has 6 heteroatoms.